The molecule has 1 aromatic rings. The Bertz CT molecular complexity index is 700. The van der Waals surface area contributed by atoms with Crippen molar-refractivity contribution in [3.63, 3.8) is 0 Å². The smallest absolute Gasteiger partial charge is 0.408 e. The highest BCUT2D eigenvalue weighted by atomic mass is 32.2. The highest BCUT2D eigenvalue weighted by molar-refractivity contribution is 7.94. The average Bonchev–Trinajstić information content (AvgIpc) is 2.43. The molecule has 0 bridgehead atoms. The molecular formula is C18H25NO4S. The van der Waals surface area contributed by atoms with E-state index in [9.17, 15) is 13.2 Å². The second-order valence-electron chi connectivity index (χ2n) is 6.60. The molecule has 0 radical (unpaired) electrons. The van der Waals surface area contributed by atoms with E-state index >= 15 is 0 Å². The van der Waals surface area contributed by atoms with Crippen molar-refractivity contribution in [2.24, 2.45) is 0 Å². The van der Waals surface area contributed by atoms with Crippen molar-refractivity contribution in [1.82, 2.24) is 5.32 Å². The Morgan fingerprint density at radius 2 is 1.88 bits per heavy atom. The predicted octanol–water partition coefficient (Wildman–Crippen LogP) is 3.83. The maximum Gasteiger partial charge on any atom is 0.408 e. The molecular weight excluding hydrogens is 326 g/mol. The maximum absolute atomic E-state index is 12.3. The summed E-state index contributed by atoms with van der Waals surface area (Å²) in [5, 5.41) is 3.76. The molecule has 1 aromatic carbocycles. The van der Waals surface area contributed by atoms with Gasteiger partial charge in [0.15, 0.2) is 9.84 Å². The van der Waals surface area contributed by atoms with Crippen LogP contribution in [-0.4, -0.2) is 26.2 Å². The van der Waals surface area contributed by atoms with E-state index in [1.807, 2.05) is 6.92 Å². The summed E-state index contributed by atoms with van der Waals surface area (Å²) in [5.74, 6) is 0. The Morgan fingerprint density at radius 3 is 2.38 bits per heavy atom. The lowest BCUT2D eigenvalue weighted by molar-refractivity contribution is 0.0514. The first-order valence-electron chi connectivity index (χ1n) is 7.62. The van der Waals surface area contributed by atoms with Crippen LogP contribution in [0.25, 0.3) is 0 Å². The summed E-state index contributed by atoms with van der Waals surface area (Å²) in [6, 6.07) is 7.59. The Labute approximate surface area is 144 Å². The van der Waals surface area contributed by atoms with E-state index in [2.05, 4.69) is 11.9 Å². The largest absolute Gasteiger partial charge is 0.444 e. The Morgan fingerprint density at radius 1 is 1.29 bits per heavy atom. The zero-order valence-corrected chi connectivity index (χ0v) is 15.4. The van der Waals surface area contributed by atoms with Crippen LogP contribution in [0.2, 0.25) is 0 Å². The summed E-state index contributed by atoms with van der Waals surface area (Å²) in [5.41, 5.74) is 0.190. The van der Waals surface area contributed by atoms with Crippen LogP contribution in [-0.2, 0) is 14.6 Å². The topological polar surface area (TPSA) is 72.5 Å². The number of nitrogens with one attached hydrogen (secondary N) is 1. The van der Waals surface area contributed by atoms with Crippen molar-refractivity contribution in [3.05, 3.63) is 54.0 Å². The summed E-state index contributed by atoms with van der Waals surface area (Å²) in [7, 11) is -3.56. The van der Waals surface area contributed by atoms with Gasteiger partial charge in [-0.15, -0.1) is 6.58 Å². The van der Waals surface area contributed by atoms with Gasteiger partial charge in [0.2, 0.25) is 0 Å². The van der Waals surface area contributed by atoms with Crippen LogP contribution in [0.4, 0.5) is 4.79 Å². The van der Waals surface area contributed by atoms with Crippen LogP contribution in [0.15, 0.2) is 58.9 Å². The Hall–Kier alpha value is -2.08. The summed E-state index contributed by atoms with van der Waals surface area (Å²) in [4.78, 5) is 12.1. The van der Waals surface area contributed by atoms with E-state index in [4.69, 9.17) is 4.74 Å². The second kappa shape index (κ2) is 8.15. The average molecular weight is 351 g/mol. The fraction of sp³-hybridized carbons (Fsp3) is 0.389. The van der Waals surface area contributed by atoms with Crippen LogP contribution in [0, 0.1) is 0 Å². The third-order valence-electron chi connectivity index (χ3n) is 2.83. The highest BCUT2D eigenvalue weighted by Crippen LogP contribution is 2.14. The van der Waals surface area contributed by atoms with E-state index in [0.717, 1.165) is 11.0 Å². The monoisotopic (exact) mass is 351 g/mol. The molecule has 0 aliphatic rings. The number of carbonyl (C=O) groups is 1. The first kappa shape index (κ1) is 20.0. The Balaban J connectivity index is 2.89. The first-order chi connectivity index (χ1) is 11.0. The molecule has 132 valence electrons. The third-order valence-corrected chi connectivity index (χ3v) is 4.28. The van der Waals surface area contributed by atoms with Gasteiger partial charge in [0, 0.05) is 5.41 Å². The van der Waals surface area contributed by atoms with Crippen molar-refractivity contribution in [3.8, 4) is 0 Å². The van der Waals surface area contributed by atoms with Gasteiger partial charge in [0.25, 0.3) is 0 Å². The number of hydrogen-bond donors (Lipinski definition) is 1. The molecule has 1 N–H and O–H groups in total. The van der Waals surface area contributed by atoms with Gasteiger partial charge < -0.3 is 10.1 Å². The van der Waals surface area contributed by atoms with Crippen molar-refractivity contribution in [2.45, 2.75) is 50.7 Å². The lowest BCUT2D eigenvalue weighted by Gasteiger charge is -2.22. The normalized spacial score (nSPS) is 13.5. The van der Waals surface area contributed by atoms with Gasteiger partial charge in [-0.2, -0.15) is 0 Å². The van der Waals surface area contributed by atoms with E-state index in [1.165, 1.54) is 18.2 Å². The summed E-state index contributed by atoms with van der Waals surface area (Å²) in [6.45, 7) is 10.9. The molecule has 0 aromatic heterocycles. The van der Waals surface area contributed by atoms with E-state index in [1.54, 1.807) is 39.0 Å². The van der Waals surface area contributed by atoms with Gasteiger partial charge in [-0.25, -0.2) is 13.2 Å². The molecule has 0 aliphatic heterocycles. The molecule has 0 saturated carbocycles. The van der Waals surface area contributed by atoms with Crippen LogP contribution >= 0.6 is 0 Å². The van der Waals surface area contributed by atoms with E-state index in [0.29, 0.717) is 6.42 Å². The lowest BCUT2D eigenvalue weighted by atomic mass is 10.1. The third kappa shape index (κ3) is 7.46. The van der Waals surface area contributed by atoms with Crippen LogP contribution < -0.4 is 5.32 Å². The zero-order valence-electron chi connectivity index (χ0n) is 14.6. The minimum absolute atomic E-state index is 0.201. The van der Waals surface area contributed by atoms with Crippen molar-refractivity contribution >= 4 is 15.9 Å². The minimum atomic E-state index is -3.56. The predicted molar refractivity (Wildman–Crippen MR) is 95.4 cm³/mol. The highest BCUT2D eigenvalue weighted by Gasteiger charge is 2.19. The number of hydrogen-bond acceptors (Lipinski definition) is 4. The van der Waals surface area contributed by atoms with Crippen molar-refractivity contribution in [2.75, 3.05) is 0 Å². The number of ether oxygens (including phenoxy) is 1. The summed E-state index contributed by atoms with van der Waals surface area (Å²) in [6.07, 6.45) is 1.26. The van der Waals surface area contributed by atoms with Crippen LogP contribution in [0.1, 0.15) is 34.1 Å². The molecule has 1 amide bonds. The van der Waals surface area contributed by atoms with Gasteiger partial charge in [-0.05, 0) is 46.2 Å². The molecule has 6 heteroatoms. The van der Waals surface area contributed by atoms with Gasteiger partial charge in [0.05, 0.1) is 10.9 Å². The van der Waals surface area contributed by atoms with E-state index < -0.39 is 27.6 Å². The SMILES string of the molecule is C=C(C)CC(/C=C/S(=O)(=O)c1ccccc1)NC(=O)OC(C)(C)C. The number of rotatable bonds is 6. The molecule has 0 aliphatic carbocycles. The molecule has 0 saturated heterocycles. The molecule has 0 heterocycles. The first-order valence-corrected chi connectivity index (χ1v) is 9.16. The van der Waals surface area contributed by atoms with E-state index in [-0.39, 0.29) is 4.90 Å². The Kier molecular flexibility index (Phi) is 6.78. The second-order valence-corrected chi connectivity index (χ2v) is 8.43. The summed E-state index contributed by atoms with van der Waals surface area (Å²) < 4.78 is 29.8. The fourth-order valence-electron chi connectivity index (χ4n) is 1.89. The number of carbonyl (C=O) groups excluding carboxylic acids is 1. The fourth-order valence-corrected chi connectivity index (χ4v) is 2.98. The molecule has 24 heavy (non-hydrogen) atoms. The molecule has 5 nitrogen and oxygen atoms in total. The van der Waals surface area contributed by atoms with Crippen LogP contribution in [0.3, 0.4) is 0 Å². The number of benzene rings is 1. The molecule has 0 fully saturated rings. The molecule has 0 spiro atoms. The minimum Gasteiger partial charge on any atom is -0.444 e. The summed E-state index contributed by atoms with van der Waals surface area (Å²) >= 11 is 0. The molecule has 1 unspecified atom stereocenters. The van der Waals surface area contributed by atoms with Gasteiger partial charge in [0.1, 0.15) is 5.60 Å². The number of sulfone groups is 1. The number of amides is 1. The van der Waals surface area contributed by atoms with Gasteiger partial charge >= 0.3 is 6.09 Å². The molecule has 1 atom stereocenters. The molecule has 1 rings (SSSR count). The van der Waals surface area contributed by atoms with Gasteiger partial charge in [-0.3, -0.25) is 0 Å². The standard InChI is InChI=1S/C18H25NO4S/c1-14(2)13-15(19-17(20)23-18(3,4)5)11-12-24(21,22)16-9-7-6-8-10-16/h6-12,15H,1,13H2,2-5H3,(H,19,20)/b12-11+. The van der Waals surface area contributed by atoms with Crippen molar-refractivity contribution < 1.29 is 17.9 Å². The lowest BCUT2D eigenvalue weighted by Crippen LogP contribution is -2.38. The van der Waals surface area contributed by atoms with Gasteiger partial charge in [-0.1, -0.05) is 29.8 Å². The quantitative estimate of drug-likeness (QED) is 0.791. The maximum atomic E-state index is 12.3. The zero-order chi connectivity index (χ0) is 18.4. The van der Waals surface area contributed by atoms with Crippen molar-refractivity contribution in [1.29, 1.82) is 0 Å². The van der Waals surface area contributed by atoms with Crippen LogP contribution in [0.5, 0.6) is 0 Å². The number of alkyl carbamates (subject to hydrolysis) is 1.